The summed E-state index contributed by atoms with van der Waals surface area (Å²) < 4.78 is 1.74. The number of halogens is 2. The van der Waals surface area contributed by atoms with Crippen molar-refractivity contribution in [2.45, 2.75) is 12.5 Å². The van der Waals surface area contributed by atoms with E-state index >= 15 is 0 Å². The molecule has 3 aromatic rings. The first-order chi connectivity index (χ1) is 11.6. The molecule has 5 nitrogen and oxygen atoms in total. The molecule has 2 aromatic carbocycles. The summed E-state index contributed by atoms with van der Waals surface area (Å²) in [7, 11) is 0. The molecule has 2 heterocycles. The summed E-state index contributed by atoms with van der Waals surface area (Å²) in [5.41, 5.74) is 2.02. The van der Waals surface area contributed by atoms with Crippen LogP contribution in [0.25, 0.3) is 11.0 Å². The van der Waals surface area contributed by atoms with Crippen molar-refractivity contribution in [3.05, 3.63) is 58.8 Å². The minimum absolute atomic E-state index is 0.0828. The van der Waals surface area contributed by atoms with Crippen molar-refractivity contribution in [3.63, 3.8) is 0 Å². The van der Waals surface area contributed by atoms with Gasteiger partial charge in [0, 0.05) is 0 Å². The zero-order valence-electron chi connectivity index (χ0n) is 12.3. The molecule has 1 aromatic heterocycles. The third-order valence-corrected chi connectivity index (χ3v) is 4.84. The number of hydrogen-bond acceptors (Lipinski definition) is 3. The lowest BCUT2D eigenvalue weighted by molar-refractivity contribution is -0.122. The van der Waals surface area contributed by atoms with Crippen LogP contribution in [-0.2, 0) is 9.59 Å². The molecule has 1 aliphatic rings. The number of carbonyl (C=O) groups excluding carboxylic acids is 2. The van der Waals surface area contributed by atoms with Crippen LogP contribution in [0, 0.1) is 0 Å². The van der Waals surface area contributed by atoms with Crippen molar-refractivity contribution in [3.8, 4) is 0 Å². The smallest absolute Gasteiger partial charge is 0.257 e. The fourth-order valence-corrected chi connectivity index (χ4v) is 3.25. The second kappa shape index (κ2) is 5.61. The first-order valence-corrected chi connectivity index (χ1v) is 8.05. The molecule has 0 N–H and O–H groups in total. The molecule has 0 aliphatic carbocycles. The molecule has 0 spiro atoms. The highest BCUT2D eigenvalue weighted by Crippen LogP contribution is 2.34. The number of benzene rings is 2. The molecule has 0 bridgehead atoms. The number of para-hydroxylation sites is 2. The summed E-state index contributed by atoms with van der Waals surface area (Å²) in [4.78, 5) is 30.7. The van der Waals surface area contributed by atoms with Crippen LogP contribution in [-0.4, -0.2) is 21.4 Å². The standard InChI is InChI=1S/C17H11Cl2N3O2/c18-11-6-5-10(7-12(11)19)22-16(23)8-15(17(22)24)21-9-20-13-3-1-2-4-14(13)21/h1-7,9,15H,8H2/t15-/m1/s1. The lowest BCUT2D eigenvalue weighted by Gasteiger charge is -2.16. The van der Waals surface area contributed by atoms with Gasteiger partial charge in [-0.3, -0.25) is 9.59 Å². The molecule has 7 heteroatoms. The van der Waals surface area contributed by atoms with Crippen LogP contribution in [0.4, 0.5) is 5.69 Å². The Bertz CT molecular complexity index is 983. The number of nitrogens with zero attached hydrogens (tertiary/aromatic N) is 3. The molecule has 1 saturated heterocycles. The second-order valence-electron chi connectivity index (χ2n) is 5.53. The minimum Gasteiger partial charge on any atom is -0.317 e. The number of amides is 2. The number of imide groups is 1. The van der Waals surface area contributed by atoms with Crippen LogP contribution in [0.5, 0.6) is 0 Å². The summed E-state index contributed by atoms with van der Waals surface area (Å²) >= 11 is 11.9. The molecule has 0 saturated carbocycles. The molecule has 0 unspecified atom stereocenters. The number of carbonyl (C=O) groups is 2. The van der Waals surface area contributed by atoms with Crippen LogP contribution in [0.3, 0.4) is 0 Å². The number of hydrogen-bond donors (Lipinski definition) is 0. The van der Waals surface area contributed by atoms with Gasteiger partial charge in [0.2, 0.25) is 5.91 Å². The lowest BCUT2D eigenvalue weighted by atomic mass is 10.2. The number of fused-ring (bicyclic) bond motifs is 1. The fourth-order valence-electron chi connectivity index (χ4n) is 2.96. The largest absolute Gasteiger partial charge is 0.317 e. The van der Waals surface area contributed by atoms with Crippen molar-refractivity contribution < 1.29 is 9.59 Å². The van der Waals surface area contributed by atoms with Gasteiger partial charge >= 0.3 is 0 Å². The predicted octanol–water partition coefficient (Wildman–Crippen LogP) is 3.85. The Labute approximate surface area is 147 Å². The van der Waals surface area contributed by atoms with Gasteiger partial charge in [-0.15, -0.1) is 0 Å². The van der Waals surface area contributed by atoms with Crippen molar-refractivity contribution in [2.75, 3.05) is 4.90 Å². The number of aromatic nitrogens is 2. The molecule has 120 valence electrons. The highest BCUT2D eigenvalue weighted by atomic mass is 35.5. The number of imidazole rings is 1. The van der Waals surface area contributed by atoms with Gasteiger partial charge < -0.3 is 4.57 Å². The van der Waals surface area contributed by atoms with E-state index in [1.54, 1.807) is 23.0 Å². The zero-order valence-corrected chi connectivity index (χ0v) is 13.8. The van der Waals surface area contributed by atoms with Crippen molar-refractivity contribution >= 4 is 51.7 Å². The van der Waals surface area contributed by atoms with Gasteiger partial charge in [-0.1, -0.05) is 35.3 Å². The van der Waals surface area contributed by atoms with E-state index in [0.29, 0.717) is 15.7 Å². The maximum absolute atomic E-state index is 12.8. The summed E-state index contributed by atoms with van der Waals surface area (Å²) in [6, 6.07) is 11.6. The van der Waals surface area contributed by atoms with Gasteiger partial charge in [0.15, 0.2) is 0 Å². The predicted molar refractivity (Wildman–Crippen MR) is 92.3 cm³/mol. The molecule has 2 amide bonds. The van der Waals surface area contributed by atoms with E-state index in [1.807, 2.05) is 24.3 Å². The van der Waals surface area contributed by atoms with Crippen LogP contribution in [0.1, 0.15) is 12.5 Å². The SMILES string of the molecule is O=C1C[C@@H](n2cnc3ccccc32)C(=O)N1c1ccc(Cl)c(Cl)c1. The molecular formula is C17H11Cl2N3O2. The third kappa shape index (κ3) is 2.28. The fraction of sp³-hybridized carbons (Fsp3) is 0.118. The highest BCUT2D eigenvalue weighted by Gasteiger charge is 2.41. The van der Waals surface area contributed by atoms with Crippen molar-refractivity contribution in [2.24, 2.45) is 0 Å². The average molecular weight is 360 g/mol. The van der Waals surface area contributed by atoms with E-state index < -0.39 is 6.04 Å². The van der Waals surface area contributed by atoms with Crippen LogP contribution < -0.4 is 4.90 Å². The van der Waals surface area contributed by atoms with Crippen molar-refractivity contribution in [1.29, 1.82) is 0 Å². The van der Waals surface area contributed by atoms with E-state index in [0.717, 1.165) is 15.9 Å². The first kappa shape index (κ1) is 15.2. The normalized spacial score (nSPS) is 17.9. The molecule has 0 radical (unpaired) electrons. The first-order valence-electron chi connectivity index (χ1n) is 7.29. The number of anilines is 1. The molecule has 1 aliphatic heterocycles. The molecule has 4 rings (SSSR count). The van der Waals surface area contributed by atoms with Gasteiger partial charge in [-0.25, -0.2) is 9.88 Å². The van der Waals surface area contributed by atoms with E-state index in [9.17, 15) is 9.59 Å². The third-order valence-electron chi connectivity index (χ3n) is 4.10. The zero-order chi connectivity index (χ0) is 16.8. The van der Waals surface area contributed by atoms with Gasteiger partial charge in [-0.2, -0.15) is 0 Å². The Morgan fingerprint density at radius 1 is 1.04 bits per heavy atom. The Balaban J connectivity index is 1.74. The molecule has 1 atom stereocenters. The van der Waals surface area contributed by atoms with E-state index in [4.69, 9.17) is 23.2 Å². The quantitative estimate of drug-likeness (QED) is 0.653. The minimum atomic E-state index is -0.612. The number of rotatable bonds is 2. The highest BCUT2D eigenvalue weighted by molar-refractivity contribution is 6.42. The summed E-state index contributed by atoms with van der Waals surface area (Å²) in [6.07, 6.45) is 1.68. The Hall–Kier alpha value is -2.37. The summed E-state index contributed by atoms with van der Waals surface area (Å²) in [6.45, 7) is 0. The van der Waals surface area contributed by atoms with E-state index in [-0.39, 0.29) is 18.2 Å². The molecular weight excluding hydrogens is 349 g/mol. The van der Waals surface area contributed by atoms with Gasteiger partial charge in [0.05, 0.1) is 39.5 Å². The molecule has 24 heavy (non-hydrogen) atoms. The molecule has 1 fully saturated rings. The van der Waals surface area contributed by atoms with Crippen LogP contribution >= 0.6 is 23.2 Å². The lowest BCUT2D eigenvalue weighted by Crippen LogP contribution is -2.31. The van der Waals surface area contributed by atoms with Gasteiger partial charge in [0.1, 0.15) is 6.04 Å². The summed E-state index contributed by atoms with van der Waals surface area (Å²) in [5, 5.41) is 0.669. The van der Waals surface area contributed by atoms with Crippen LogP contribution in [0.15, 0.2) is 48.8 Å². The monoisotopic (exact) mass is 359 g/mol. The second-order valence-corrected chi connectivity index (χ2v) is 6.34. The van der Waals surface area contributed by atoms with Gasteiger partial charge in [0.25, 0.3) is 5.91 Å². The Morgan fingerprint density at radius 3 is 2.62 bits per heavy atom. The Morgan fingerprint density at radius 2 is 1.83 bits per heavy atom. The topological polar surface area (TPSA) is 55.2 Å². The van der Waals surface area contributed by atoms with Crippen molar-refractivity contribution in [1.82, 2.24) is 9.55 Å². The van der Waals surface area contributed by atoms with Gasteiger partial charge in [-0.05, 0) is 30.3 Å². The summed E-state index contributed by atoms with van der Waals surface area (Å²) in [5.74, 6) is -0.581. The maximum atomic E-state index is 12.8. The van der Waals surface area contributed by atoms with E-state index in [1.165, 1.54) is 6.07 Å². The van der Waals surface area contributed by atoms with E-state index in [2.05, 4.69) is 4.98 Å². The average Bonchev–Trinajstić information content (AvgIpc) is 3.11. The Kier molecular flexibility index (Phi) is 3.55. The van der Waals surface area contributed by atoms with Crippen LogP contribution in [0.2, 0.25) is 10.0 Å². The maximum Gasteiger partial charge on any atom is 0.257 e.